The molecule has 0 radical (unpaired) electrons. The Hall–Kier alpha value is -0.740. The highest BCUT2D eigenvalue weighted by Gasteiger charge is 2.53. The lowest BCUT2D eigenvalue weighted by atomic mass is 10.0. The molecular weight excluding hydrogens is 306 g/mol. The first-order valence-electron chi connectivity index (χ1n) is 7.06. The first-order valence-corrected chi connectivity index (χ1v) is 7.85. The third-order valence-corrected chi connectivity index (χ3v) is 5.22. The van der Waals surface area contributed by atoms with Crippen LogP contribution in [-0.4, -0.2) is 13.3 Å². The Balaban J connectivity index is 1.39. The van der Waals surface area contributed by atoms with Crippen molar-refractivity contribution >= 4 is 15.9 Å². The molecule has 0 unspecified atom stereocenters. The van der Waals surface area contributed by atoms with E-state index in [0.717, 1.165) is 28.4 Å². The van der Waals surface area contributed by atoms with E-state index in [1.54, 1.807) is 0 Å². The molecule has 3 aliphatic rings. The van der Waals surface area contributed by atoms with Crippen molar-refractivity contribution in [2.45, 2.75) is 32.2 Å². The fourth-order valence-corrected chi connectivity index (χ4v) is 3.77. The number of hydrogen-bond donors (Lipinski definition) is 1. The first kappa shape index (κ1) is 12.0. The zero-order valence-electron chi connectivity index (χ0n) is 10.9. The number of fused-ring (bicyclic) bond motifs is 1. The molecule has 2 saturated carbocycles. The van der Waals surface area contributed by atoms with E-state index in [2.05, 4.69) is 33.4 Å². The largest absolute Gasteiger partial charge is 0.454 e. The van der Waals surface area contributed by atoms with E-state index in [1.807, 2.05) is 0 Å². The van der Waals surface area contributed by atoms with Crippen molar-refractivity contribution in [1.82, 2.24) is 5.32 Å². The van der Waals surface area contributed by atoms with Gasteiger partial charge >= 0.3 is 0 Å². The van der Waals surface area contributed by atoms with Crippen LogP contribution in [0.5, 0.6) is 11.5 Å². The van der Waals surface area contributed by atoms with Gasteiger partial charge in [-0.15, -0.1) is 0 Å². The smallest absolute Gasteiger partial charge is 0.231 e. The predicted molar refractivity (Wildman–Crippen MR) is 76.4 cm³/mol. The van der Waals surface area contributed by atoms with E-state index in [0.29, 0.717) is 12.2 Å². The minimum Gasteiger partial charge on any atom is -0.454 e. The highest BCUT2D eigenvalue weighted by molar-refractivity contribution is 9.10. The normalized spacial score (nSPS) is 22.6. The van der Waals surface area contributed by atoms with Gasteiger partial charge in [-0.3, -0.25) is 0 Å². The maximum absolute atomic E-state index is 5.45. The van der Waals surface area contributed by atoms with Crippen LogP contribution < -0.4 is 14.8 Å². The summed E-state index contributed by atoms with van der Waals surface area (Å²) in [7, 11) is 0. The second kappa shape index (κ2) is 4.38. The summed E-state index contributed by atoms with van der Waals surface area (Å²) < 4.78 is 11.8. The zero-order chi connectivity index (χ0) is 12.9. The molecule has 0 atom stereocenters. The number of hydrogen-bond acceptors (Lipinski definition) is 3. The van der Waals surface area contributed by atoms with Gasteiger partial charge in [0.25, 0.3) is 0 Å². The molecule has 0 aromatic heterocycles. The predicted octanol–water partition coefficient (Wildman–Crippen LogP) is 3.46. The van der Waals surface area contributed by atoms with Crippen LogP contribution in [0.15, 0.2) is 16.6 Å². The molecule has 2 aliphatic carbocycles. The lowest BCUT2D eigenvalue weighted by molar-refractivity contribution is 0.173. The van der Waals surface area contributed by atoms with Crippen molar-refractivity contribution in [3.05, 3.63) is 22.2 Å². The molecule has 0 spiro atoms. The van der Waals surface area contributed by atoms with Gasteiger partial charge < -0.3 is 14.8 Å². The summed E-state index contributed by atoms with van der Waals surface area (Å²) in [4.78, 5) is 0. The number of ether oxygens (including phenoxy) is 2. The molecule has 102 valence electrons. The molecular formula is C15H18BrNO2. The minimum atomic E-state index is 0.329. The average Bonchev–Trinajstić information content (AvgIpc) is 3.28. The first-order chi connectivity index (χ1) is 9.27. The maximum atomic E-state index is 5.45. The van der Waals surface area contributed by atoms with Crippen LogP contribution in [0.1, 0.15) is 31.2 Å². The fourth-order valence-electron chi connectivity index (χ4n) is 3.16. The maximum Gasteiger partial charge on any atom is 0.231 e. The summed E-state index contributed by atoms with van der Waals surface area (Å²) in [5.74, 6) is 2.71. The van der Waals surface area contributed by atoms with Crippen molar-refractivity contribution in [2.24, 2.45) is 11.3 Å². The SMILES string of the molecule is Brc1cc(CNCC2(C3CC3)CC2)cc2c1OCO2. The molecule has 1 heterocycles. The van der Waals surface area contributed by atoms with E-state index < -0.39 is 0 Å². The summed E-state index contributed by atoms with van der Waals surface area (Å²) >= 11 is 3.54. The average molecular weight is 324 g/mol. The van der Waals surface area contributed by atoms with Crippen molar-refractivity contribution in [2.75, 3.05) is 13.3 Å². The van der Waals surface area contributed by atoms with Crippen LogP contribution >= 0.6 is 15.9 Å². The summed E-state index contributed by atoms with van der Waals surface area (Å²) in [6, 6.07) is 4.20. The summed E-state index contributed by atoms with van der Waals surface area (Å²) in [6.07, 6.45) is 5.76. The Labute approximate surface area is 121 Å². The molecule has 2 fully saturated rings. The van der Waals surface area contributed by atoms with Crippen molar-refractivity contribution < 1.29 is 9.47 Å². The van der Waals surface area contributed by atoms with Crippen LogP contribution in [-0.2, 0) is 6.54 Å². The van der Waals surface area contributed by atoms with E-state index in [9.17, 15) is 0 Å². The van der Waals surface area contributed by atoms with Crippen LogP contribution in [0.4, 0.5) is 0 Å². The molecule has 4 rings (SSSR count). The van der Waals surface area contributed by atoms with Crippen LogP contribution in [0.25, 0.3) is 0 Å². The van der Waals surface area contributed by atoms with Crippen molar-refractivity contribution in [3.63, 3.8) is 0 Å². The Bertz CT molecular complexity index is 509. The van der Waals surface area contributed by atoms with Gasteiger partial charge in [0, 0.05) is 13.1 Å². The van der Waals surface area contributed by atoms with E-state index in [1.165, 1.54) is 37.8 Å². The van der Waals surface area contributed by atoms with Gasteiger partial charge in [0.2, 0.25) is 6.79 Å². The topological polar surface area (TPSA) is 30.5 Å². The lowest BCUT2D eigenvalue weighted by Gasteiger charge is -2.15. The Kier molecular flexibility index (Phi) is 2.78. The zero-order valence-corrected chi connectivity index (χ0v) is 12.5. The summed E-state index contributed by atoms with van der Waals surface area (Å²) in [5.41, 5.74) is 1.91. The molecule has 0 amide bonds. The quantitative estimate of drug-likeness (QED) is 0.900. The van der Waals surface area contributed by atoms with Gasteiger partial charge in [-0.05, 0) is 70.6 Å². The Morgan fingerprint density at radius 3 is 2.84 bits per heavy atom. The Morgan fingerprint density at radius 1 is 1.26 bits per heavy atom. The van der Waals surface area contributed by atoms with Gasteiger partial charge in [-0.1, -0.05) is 0 Å². The molecule has 1 aromatic rings. The van der Waals surface area contributed by atoms with Gasteiger partial charge in [0.05, 0.1) is 4.47 Å². The third kappa shape index (κ3) is 2.25. The van der Waals surface area contributed by atoms with Crippen LogP contribution in [0.2, 0.25) is 0 Å². The lowest BCUT2D eigenvalue weighted by Crippen LogP contribution is -2.25. The second-order valence-electron chi connectivity index (χ2n) is 6.05. The third-order valence-electron chi connectivity index (χ3n) is 4.63. The van der Waals surface area contributed by atoms with Gasteiger partial charge in [-0.25, -0.2) is 0 Å². The van der Waals surface area contributed by atoms with Crippen LogP contribution in [0.3, 0.4) is 0 Å². The van der Waals surface area contributed by atoms with E-state index in [-0.39, 0.29) is 0 Å². The number of nitrogens with one attached hydrogen (secondary N) is 1. The number of rotatable bonds is 5. The highest BCUT2D eigenvalue weighted by atomic mass is 79.9. The molecule has 1 aliphatic heterocycles. The summed E-state index contributed by atoms with van der Waals surface area (Å²) in [6.45, 7) is 2.41. The molecule has 3 nitrogen and oxygen atoms in total. The molecule has 0 saturated heterocycles. The van der Waals surface area contributed by atoms with E-state index in [4.69, 9.17) is 9.47 Å². The van der Waals surface area contributed by atoms with Gasteiger partial charge in [0.1, 0.15) is 0 Å². The number of benzene rings is 1. The number of halogens is 1. The standard InChI is InChI=1S/C15H18BrNO2/c16-12-5-10(6-13-14(12)19-9-18-13)7-17-8-15(3-4-15)11-1-2-11/h5-6,11,17H,1-4,7-9H2. The minimum absolute atomic E-state index is 0.329. The highest BCUT2D eigenvalue weighted by Crippen LogP contribution is 2.60. The molecule has 0 bridgehead atoms. The summed E-state index contributed by atoms with van der Waals surface area (Å²) in [5, 5.41) is 3.63. The molecule has 4 heteroatoms. The van der Waals surface area contributed by atoms with Crippen LogP contribution in [0, 0.1) is 11.3 Å². The van der Waals surface area contributed by atoms with Crippen molar-refractivity contribution in [1.29, 1.82) is 0 Å². The monoisotopic (exact) mass is 323 g/mol. The molecule has 19 heavy (non-hydrogen) atoms. The van der Waals surface area contributed by atoms with E-state index >= 15 is 0 Å². The fraction of sp³-hybridized carbons (Fsp3) is 0.600. The Morgan fingerprint density at radius 2 is 2.11 bits per heavy atom. The molecule has 1 N–H and O–H groups in total. The second-order valence-corrected chi connectivity index (χ2v) is 6.91. The van der Waals surface area contributed by atoms with Crippen molar-refractivity contribution in [3.8, 4) is 11.5 Å². The van der Waals surface area contributed by atoms with Gasteiger partial charge in [-0.2, -0.15) is 0 Å². The van der Waals surface area contributed by atoms with Gasteiger partial charge in [0.15, 0.2) is 11.5 Å². The molecule has 1 aromatic carbocycles.